The van der Waals surface area contributed by atoms with Crippen LogP contribution in [0.25, 0.3) is 0 Å². The van der Waals surface area contributed by atoms with Crippen molar-refractivity contribution in [3.8, 4) is 0 Å². The molecule has 1 fully saturated rings. The van der Waals surface area contributed by atoms with Gasteiger partial charge in [-0.2, -0.15) is 0 Å². The van der Waals surface area contributed by atoms with Crippen molar-refractivity contribution < 1.29 is 23.7 Å². The third-order valence-electron chi connectivity index (χ3n) is 6.46. The van der Waals surface area contributed by atoms with E-state index in [-0.39, 0.29) is 12.2 Å². The molecule has 5 rings (SSSR count). The molecule has 190 valence electrons. The molecule has 1 aromatic heterocycles. The lowest BCUT2D eigenvalue weighted by atomic mass is 10.0. The van der Waals surface area contributed by atoms with Crippen LogP contribution in [0.5, 0.6) is 0 Å². The average molecular weight is 498 g/mol. The maximum atomic E-state index is 11.3. The van der Waals surface area contributed by atoms with E-state index in [1.807, 2.05) is 91.0 Å². The van der Waals surface area contributed by atoms with Crippen LogP contribution in [0.2, 0.25) is 0 Å². The summed E-state index contributed by atoms with van der Waals surface area (Å²) in [7, 11) is 0. The van der Waals surface area contributed by atoms with Crippen molar-refractivity contribution >= 4 is 6.29 Å². The molecule has 4 aromatic rings. The maximum absolute atomic E-state index is 11.3. The Bertz CT molecular complexity index is 1230. The van der Waals surface area contributed by atoms with Crippen molar-refractivity contribution in [2.24, 2.45) is 0 Å². The van der Waals surface area contributed by atoms with E-state index in [4.69, 9.17) is 18.9 Å². The van der Waals surface area contributed by atoms with Crippen molar-refractivity contribution in [2.75, 3.05) is 6.61 Å². The van der Waals surface area contributed by atoms with Gasteiger partial charge in [0.1, 0.15) is 24.4 Å². The third kappa shape index (κ3) is 6.61. The fourth-order valence-corrected chi connectivity index (χ4v) is 4.58. The Labute approximate surface area is 217 Å². The lowest BCUT2D eigenvalue weighted by Gasteiger charge is -2.25. The van der Waals surface area contributed by atoms with Crippen LogP contribution in [0.3, 0.4) is 0 Å². The molecule has 3 aromatic carbocycles. The zero-order valence-corrected chi connectivity index (χ0v) is 20.6. The van der Waals surface area contributed by atoms with Gasteiger partial charge in [-0.15, -0.1) is 0 Å². The number of aromatic amines is 1. The van der Waals surface area contributed by atoms with Crippen LogP contribution >= 0.6 is 0 Å². The maximum Gasteiger partial charge on any atom is 0.166 e. The van der Waals surface area contributed by atoms with Crippen LogP contribution < -0.4 is 0 Å². The third-order valence-corrected chi connectivity index (χ3v) is 6.46. The van der Waals surface area contributed by atoms with E-state index in [1.165, 1.54) is 0 Å². The fourth-order valence-electron chi connectivity index (χ4n) is 4.58. The monoisotopic (exact) mass is 497 g/mol. The number of rotatable bonds is 12. The van der Waals surface area contributed by atoms with Gasteiger partial charge in [0.25, 0.3) is 0 Å². The Morgan fingerprint density at radius 2 is 1.27 bits per heavy atom. The van der Waals surface area contributed by atoms with Crippen LogP contribution in [0.1, 0.15) is 38.8 Å². The van der Waals surface area contributed by atoms with E-state index < -0.39 is 12.2 Å². The molecule has 6 nitrogen and oxygen atoms in total. The minimum absolute atomic E-state index is 0.348. The standard InChI is InChI=1S/C31H31NO5/c33-18-27-16-26(17-32-27)29-31(36-21-25-14-8-3-9-15-25)30(35-20-24-12-6-2-7-13-24)28(37-29)22-34-19-23-10-4-1-5-11-23/h1-18,28-32H,19-22H2/t28-,29+,30-,31+/m1/s1. The predicted octanol–water partition coefficient (Wildman–Crippen LogP) is 5.65. The van der Waals surface area contributed by atoms with Gasteiger partial charge in [-0.25, -0.2) is 0 Å². The highest BCUT2D eigenvalue weighted by Gasteiger charge is 2.47. The van der Waals surface area contributed by atoms with Gasteiger partial charge in [0.05, 0.1) is 32.1 Å². The minimum Gasteiger partial charge on any atom is -0.374 e. The molecular weight excluding hydrogens is 466 g/mol. The first-order valence-electron chi connectivity index (χ1n) is 12.5. The molecule has 1 N–H and O–H groups in total. The molecule has 0 saturated carbocycles. The molecule has 1 saturated heterocycles. The van der Waals surface area contributed by atoms with Crippen molar-refractivity contribution in [1.82, 2.24) is 4.98 Å². The van der Waals surface area contributed by atoms with Crippen molar-refractivity contribution in [1.29, 1.82) is 0 Å². The minimum atomic E-state index is -0.417. The van der Waals surface area contributed by atoms with Crippen molar-refractivity contribution in [3.63, 3.8) is 0 Å². The lowest BCUT2D eigenvalue weighted by molar-refractivity contribution is -0.0898. The van der Waals surface area contributed by atoms with Crippen LogP contribution in [-0.2, 0) is 38.8 Å². The molecule has 37 heavy (non-hydrogen) atoms. The second kappa shape index (κ2) is 12.6. The van der Waals surface area contributed by atoms with Crippen LogP contribution in [0.15, 0.2) is 103 Å². The SMILES string of the molecule is O=Cc1cc([C@@H]2O[C@H](COCc3ccccc3)[C@@H](OCc3ccccc3)[C@H]2OCc2ccccc2)c[nH]1. The lowest BCUT2D eigenvalue weighted by Crippen LogP contribution is -2.37. The molecule has 0 bridgehead atoms. The molecule has 4 atom stereocenters. The first kappa shape index (κ1) is 25.1. The summed E-state index contributed by atoms with van der Waals surface area (Å²) < 4.78 is 25.6. The molecule has 1 aliphatic heterocycles. The zero-order chi connectivity index (χ0) is 25.3. The Morgan fingerprint density at radius 3 is 1.81 bits per heavy atom. The Morgan fingerprint density at radius 1 is 0.730 bits per heavy atom. The molecule has 1 aliphatic rings. The van der Waals surface area contributed by atoms with Crippen LogP contribution in [0.4, 0.5) is 0 Å². The van der Waals surface area contributed by atoms with Gasteiger partial charge < -0.3 is 23.9 Å². The van der Waals surface area contributed by atoms with E-state index in [2.05, 4.69) is 4.98 Å². The summed E-state index contributed by atoms with van der Waals surface area (Å²) in [5, 5.41) is 0. The van der Waals surface area contributed by atoms with E-state index in [0.717, 1.165) is 28.5 Å². The largest absolute Gasteiger partial charge is 0.374 e. The van der Waals surface area contributed by atoms with E-state index in [1.54, 1.807) is 12.3 Å². The molecule has 0 radical (unpaired) electrons. The molecule has 0 amide bonds. The molecular formula is C31H31NO5. The highest BCUT2D eigenvalue weighted by atomic mass is 16.6. The first-order chi connectivity index (χ1) is 18.3. The molecule has 0 aliphatic carbocycles. The summed E-state index contributed by atoms with van der Waals surface area (Å²) in [4.78, 5) is 14.3. The number of aldehydes is 1. The van der Waals surface area contributed by atoms with E-state index >= 15 is 0 Å². The first-order valence-corrected chi connectivity index (χ1v) is 12.5. The van der Waals surface area contributed by atoms with Gasteiger partial charge in [0, 0.05) is 11.8 Å². The smallest absolute Gasteiger partial charge is 0.166 e. The van der Waals surface area contributed by atoms with E-state index in [0.29, 0.717) is 32.1 Å². The Hall–Kier alpha value is -3.55. The summed E-state index contributed by atoms with van der Waals surface area (Å²) in [6, 6.07) is 32.0. The molecule has 2 heterocycles. The number of benzene rings is 3. The highest BCUT2D eigenvalue weighted by molar-refractivity contribution is 5.72. The number of nitrogens with one attached hydrogen (secondary N) is 1. The number of carbonyl (C=O) groups excluding carboxylic acids is 1. The summed E-state index contributed by atoms with van der Waals surface area (Å²) in [6.45, 7) is 1.67. The summed E-state index contributed by atoms with van der Waals surface area (Å²) >= 11 is 0. The number of aromatic nitrogens is 1. The Kier molecular flexibility index (Phi) is 8.56. The van der Waals surface area contributed by atoms with Gasteiger partial charge in [0.15, 0.2) is 6.29 Å². The number of hydrogen-bond donors (Lipinski definition) is 1. The van der Waals surface area contributed by atoms with E-state index in [9.17, 15) is 4.79 Å². The molecule has 0 spiro atoms. The quantitative estimate of drug-likeness (QED) is 0.256. The van der Waals surface area contributed by atoms with Crippen molar-refractivity contribution in [3.05, 3.63) is 131 Å². The molecule has 0 unspecified atom stereocenters. The normalized spacial score (nSPS) is 21.2. The highest BCUT2D eigenvalue weighted by Crippen LogP contribution is 2.38. The second-order valence-electron chi connectivity index (χ2n) is 9.12. The number of H-pyrrole nitrogens is 1. The van der Waals surface area contributed by atoms with Gasteiger partial charge in [-0.05, 0) is 22.8 Å². The van der Waals surface area contributed by atoms with Gasteiger partial charge >= 0.3 is 0 Å². The molecule has 6 heteroatoms. The van der Waals surface area contributed by atoms with Crippen molar-refractivity contribution in [2.45, 2.75) is 44.2 Å². The fraction of sp³-hybridized carbons (Fsp3) is 0.258. The predicted molar refractivity (Wildman–Crippen MR) is 140 cm³/mol. The summed E-state index contributed by atoms with van der Waals surface area (Å²) in [5.74, 6) is 0. The average Bonchev–Trinajstić information content (AvgIpc) is 3.57. The van der Waals surface area contributed by atoms with Crippen LogP contribution in [-0.4, -0.2) is 36.2 Å². The topological polar surface area (TPSA) is 69.8 Å². The summed E-state index contributed by atoms with van der Waals surface area (Å²) in [5.41, 5.74) is 4.57. The van der Waals surface area contributed by atoms with Gasteiger partial charge in [-0.3, -0.25) is 4.79 Å². The number of hydrogen-bond acceptors (Lipinski definition) is 5. The van der Waals surface area contributed by atoms with Crippen LogP contribution in [0, 0.1) is 0 Å². The number of ether oxygens (including phenoxy) is 4. The number of carbonyl (C=O) groups is 1. The Balaban J connectivity index is 1.37. The van der Waals surface area contributed by atoms with Gasteiger partial charge in [-0.1, -0.05) is 91.0 Å². The second-order valence-corrected chi connectivity index (χ2v) is 9.12. The van der Waals surface area contributed by atoms with Gasteiger partial charge in [0.2, 0.25) is 0 Å². The zero-order valence-electron chi connectivity index (χ0n) is 20.6. The summed E-state index contributed by atoms with van der Waals surface area (Å²) in [6.07, 6.45) is 1.05.